The standard InChI is InChI=1S/C13H17ClN2O3/c1-8(2)16(3)12(17)7-19-13(18)9-4-5-11(15)10(14)6-9/h4-6,8H,7,15H2,1-3H3. The Bertz CT molecular complexity index is 489. The Morgan fingerprint density at radius 1 is 1.42 bits per heavy atom. The lowest BCUT2D eigenvalue weighted by atomic mass is 10.2. The molecule has 0 atom stereocenters. The number of nitrogen functional groups attached to an aromatic ring is 1. The Hall–Kier alpha value is -1.75. The largest absolute Gasteiger partial charge is 0.452 e. The Labute approximate surface area is 117 Å². The Kier molecular flexibility index (Phi) is 5.18. The first-order chi connectivity index (χ1) is 8.82. The number of carbonyl (C=O) groups excluding carboxylic acids is 2. The molecule has 0 fully saturated rings. The first-order valence-electron chi connectivity index (χ1n) is 5.80. The fraction of sp³-hybridized carbons (Fsp3) is 0.385. The molecule has 0 radical (unpaired) electrons. The van der Waals surface area contributed by atoms with E-state index in [9.17, 15) is 9.59 Å². The number of anilines is 1. The average molecular weight is 285 g/mol. The molecule has 0 bridgehead atoms. The van der Waals surface area contributed by atoms with Gasteiger partial charge in [0, 0.05) is 13.1 Å². The summed E-state index contributed by atoms with van der Waals surface area (Å²) in [6, 6.07) is 4.48. The molecule has 1 aromatic rings. The fourth-order valence-corrected chi connectivity index (χ4v) is 1.44. The lowest BCUT2D eigenvalue weighted by Crippen LogP contribution is -2.36. The van der Waals surface area contributed by atoms with Crippen molar-refractivity contribution in [2.45, 2.75) is 19.9 Å². The number of esters is 1. The predicted octanol–water partition coefficient (Wildman–Crippen LogP) is 1.95. The molecule has 0 aromatic heterocycles. The molecule has 0 saturated carbocycles. The molecule has 1 aromatic carbocycles. The van der Waals surface area contributed by atoms with Crippen LogP contribution in [0.25, 0.3) is 0 Å². The Balaban J connectivity index is 2.61. The van der Waals surface area contributed by atoms with Gasteiger partial charge in [0.05, 0.1) is 16.3 Å². The van der Waals surface area contributed by atoms with Crippen LogP contribution in [-0.4, -0.2) is 36.5 Å². The lowest BCUT2D eigenvalue weighted by Gasteiger charge is -2.21. The van der Waals surface area contributed by atoms with Crippen LogP contribution in [0.15, 0.2) is 18.2 Å². The zero-order valence-electron chi connectivity index (χ0n) is 11.1. The minimum atomic E-state index is -0.604. The summed E-state index contributed by atoms with van der Waals surface area (Å²) in [5.74, 6) is -0.864. The number of rotatable bonds is 4. The molecule has 5 nitrogen and oxygen atoms in total. The summed E-state index contributed by atoms with van der Waals surface area (Å²) < 4.78 is 4.93. The molecule has 104 valence electrons. The minimum absolute atomic E-state index is 0.0529. The number of ether oxygens (including phenoxy) is 1. The molecule has 2 N–H and O–H groups in total. The number of carbonyl (C=O) groups is 2. The highest BCUT2D eigenvalue weighted by molar-refractivity contribution is 6.33. The van der Waals surface area contributed by atoms with Crippen LogP contribution in [0.5, 0.6) is 0 Å². The number of hydrogen-bond donors (Lipinski definition) is 1. The second kappa shape index (κ2) is 6.43. The highest BCUT2D eigenvalue weighted by Crippen LogP contribution is 2.20. The summed E-state index contributed by atoms with van der Waals surface area (Å²) in [5.41, 5.74) is 6.19. The van der Waals surface area contributed by atoms with E-state index in [2.05, 4.69) is 0 Å². The molecule has 19 heavy (non-hydrogen) atoms. The van der Waals surface area contributed by atoms with Crippen molar-refractivity contribution in [3.63, 3.8) is 0 Å². The van der Waals surface area contributed by atoms with E-state index in [1.54, 1.807) is 7.05 Å². The van der Waals surface area contributed by atoms with Crippen molar-refractivity contribution in [1.82, 2.24) is 4.90 Å². The van der Waals surface area contributed by atoms with Gasteiger partial charge in [-0.2, -0.15) is 0 Å². The van der Waals surface area contributed by atoms with Crippen LogP contribution < -0.4 is 5.73 Å². The monoisotopic (exact) mass is 284 g/mol. The molecule has 0 spiro atoms. The SMILES string of the molecule is CC(C)N(C)C(=O)COC(=O)c1ccc(N)c(Cl)c1. The van der Waals surface area contributed by atoms with Crippen molar-refractivity contribution in [3.05, 3.63) is 28.8 Å². The van der Waals surface area contributed by atoms with Gasteiger partial charge in [0.2, 0.25) is 0 Å². The molecular formula is C13H17ClN2O3. The summed E-state index contributed by atoms with van der Waals surface area (Å²) in [4.78, 5) is 24.9. The van der Waals surface area contributed by atoms with E-state index in [1.165, 1.54) is 23.1 Å². The first kappa shape index (κ1) is 15.3. The van der Waals surface area contributed by atoms with Crippen molar-refractivity contribution in [1.29, 1.82) is 0 Å². The molecule has 0 aliphatic rings. The van der Waals surface area contributed by atoms with E-state index < -0.39 is 5.97 Å². The van der Waals surface area contributed by atoms with Crippen molar-refractivity contribution in [2.75, 3.05) is 19.4 Å². The van der Waals surface area contributed by atoms with Gasteiger partial charge in [0.15, 0.2) is 6.61 Å². The van der Waals surface area contributed by atoms with E-state index in [-0.39, 0.29) is 29.1 Å². The summed E-state index contributed by atoms with van der Waals surface area (Å²) in [6.07, 6.45) is 0. The third-order valence-electron chi connectivity index (χ3n) is 2.73. The van der Waals surface area contributed by atoms with Gasteiger partial charge in [-0.25, -0.2) is 4.79 Å². The molecule has 6 heteroatoms. The summed E-state index contributed by atoms with van der Waals surface area (Å²) >= 11 is 5.80. The normalized spacial score (nSPS) is 10.4. The number of benzene rings is 1. The number of halogens is 1. The molecular weight excluding hydrogens is 268 g/mol. The van der Waals surface area contributed by atoms with Gasteiger partial charge in [0.25, 0.3) is 5.91 Å². The summed E-state index contributed by atoms with van der Waals surface area (Å²) in [5, 5.41) is 0.278. The topological polar surface area (TPSA) is 72.6 Å². The van der Waals surface area contributed by atoms with Crippen LogP contribution >= 0.6 is 11.6 Å². The number of nitrogens with two attached hydrogens (primary N) is 1. The summed E-state index contributed by atoms with van der Waals surface area (Å²) in [7, 11) is 1.65. The molecule has 0 heterocycles. The molecule has 1 rings (SSSR count). The van der Waals surface area contributed by atoms with E-state index >= 15 is 0 Å². The van der Waals surface area contributed by atoms with Gasteiger partial charge >= 0.3 is 5.97 Å². The van der Waals surface area contributed by atoms with Gasteiger partial charge in [-0.15, -0.1) is 0 Å². The van der Waals surface area contributed by atoms with Crippen molar-refractivity contribution in [2.24, 2.45) is 0 Å². The fourth-order valence-electron chi connectivity index (χ4n) is 1.25. The summed E-state index contributed by atoms with van der Waals surface area (Å²) in [6.45, 7) is 3.45. The van der Waals surface area contributed by atoms with E-state index in [4.69, 9.17) is 22.1 Å². The predicted molar refractivity (Wildman–Crippen MR) is 74.1 cm³/mol. The van der Waals surface area contributed by atoms with Gasteiger partial charge in [0.1, 0.15) is 0 Å². The highest BCUT2D eigenvalue weighted by atomic mass is 35.5. The van der Waals surface area contributed by atoms with Gasteiger partial charge in [-0.05, 0) is 32.0 Å². The smallest absolute Gasteiger partial charge is 0.338 e. The van der Waals surface area contributed by atoms with Gasteiger partial charge < -0.3 is 15.4 Å². The maximum absolute atomic E-state index is 11.7. The average Bonchev–Trinajstić information content (AvgIpc) is 2.37. The van der Waals surface area contributed by atoms with Crippen molar-refractivity contribution < 1.29 is 14.3 Å². The number of likely N-dealkylation sites (N-methyl/N-ethyl adjacent to an activating group) is 1. The van der Waals surface area contributed by atoms with Crippen molar-refractivity contribution in [3.8, 4) is 0 Å². The third-order valence-corrected chi connectivity index (χ3v) is 3.06. The van der Waals surface area contributed by atoms with Crippen LogP contribution in [0.2, 0.25) is 5.02 Å². The second-order valence-electron chi connectivity index (χ2n) is 4.41. The highest BCUT2D eigenvalue weighted by Gasteiger charge is 2.15. The zero-order chi connectivity index (χ0) is 14.6. The molecule has 1 amide bonds. The van der Waals surface area contributed by atoms with Crippen LogP contribution in [0.4, 0.5) is 5.69 Å². The van der Waals surface area contributed by atoms with Gasteiger partial charge in [-0.1, -0.05) is 11.6 Å². The van der Waals surface area contributed by atoms with Crippen LogP contribution in [0, 0.1) is 0 Å². The van der Waals surface area contributed by atoms with Crippen molar-refractivity contribution >= 4 is 29.2 Å². The Morgan fingerprint density at radius 3 is 2.58 bits per heavy atom. The van der Waals surface area contributed by atoms with Crippen LogP contribution in [-0.2, 0) is 9.53 Å². The second-order valence-corrected chi connectivity index (χ2v) is 4.82. The Morgan fingerprint density at radius 2 is 2.05 bits per heavy atom. The van der Waals surface area contributed by atoms with E-state index in [0.717, 1.165) is 0 Å². The lowest BCUT2D eigenvalue weighted by molar-refractivity contribution is -0.134. The number of nitrogens with zero attached hydrogens (tertiary/aromatic N) is 1. The maximum atomic E-state index is 11.7. The molecule has 0 aliphatic heterocycles. The minimum Gasteiger partial charge on any atom is -0.452 e. The van der Waals surface area contributed by atoms with E-state index in [0.29, 0.717) is 5.69 Å². The zero-order valence-corrected chi connectivity index (χ0v) is 11.9. The van der Waals surface area contributed by atoms with E-state index in [1.807, 2.05) is 13.8 Å². The number of hydrogen-bond acceptors (Lipinski definition) is 4. The van der Waals surface area contributed by atoms with Crippen LogP contribution in [0.1, 0.15) is 24.2 Å². The van der Waals surface area contributed by atoms with Crippen LogP contribution in [0.3, 0.4) is 0 Å². The number of amides is 1. The maximum Gasteiger partial charge on any atom is 0.338 e. The third kappa shape index (κ3) is 4.13. The van der Waals surface area contributed by atoms with Gasteiger partial charge in [-0.3, -0.25) is 4.79 Å². The molecule has 0 unspecified atom stereocenters. The molecule has 0 aliphatic carbocycles. The molecule has 0 saturated heterocycles. The first-order valence-corrected chi connectivity index (χ1v) is 6.18. The quantitative estimate of drug-likeness (QED) is 0.677.